The number of rotatable bonds is 4. The molecule has 0 radical (unpaired) electrons. The Labute approximate surface area is 172 Å². The number of hydrogen-bond acceptors (Lipinski definition) is 4. The second kappa shape index (κ2) is 10.3. The molecule has 0 aliphatic carbocycles. The van der Waals surface area contributed by atoms with Gasteiger partial charge in [-0.2, -0.15) is 0 Å². The van der Waals surface area contributed by atoms with Gasteiger partial charge in [0.25, 0.3) is 0 Å². The van der Waals surface area contributed by atoms with Crippen LogP contribution in [-0.2, 0) is 0 Å². The summed E-state index contributed by atoms with van der Waals surface area (Å²) in [6.45, 7) is 6.74. The molecule has 7 heteroatoms. The molecule has 1 aromatic heterocycles. The second-order valence-electron chi connectivity index (χ2n) is 6.26. The number of anilines is 1. The van der Waals surface area contributed by atoms with E-state index in [0.717, 1.165) is 44.6 Å². The Morgan fingerprint density at radius 2 is 1.73 bits per heavy atom. The first kappa shape index (κ1) is 20.4. The number of nitrogens with zero attached hydrogens (tertiary/aromatic N) is 5. The maximum atomic E-state index is 4.46. The highest BCUT2D eigenvalue weighted by atomic mass is 127. The summed E-state index contributed by atoms with van der Waals surface area (Å²) in [6, 6.07) is 12.4. The van der Waals surface area contributed by atoms with Crippen molar-refractivity contribution in [3.63, 3.8) is 0 Å². The maximum absolute atomic E-state index is 4.46. The van der Waals surface area contributed by atoms with Gasteiger partial charge in [0.2, 0.25) is 5.95 Å². The highest BCUT2D eigenvalue weighted by Gasteiger charge is 2.21. The summed E-state index contributed by atoms with van der Waals surface area (Å²) in [6.07, 6.45) is 3.58. The number of guanidine groups is 1. The van der Waals surface area contributed by atoms with E-state index in [0.29, 0.717) is 5.92 Å². The average Bonchev–Trinajstić information content (AvgIpc) is 2.70. The Kier molecular flexibility index (Phi) is 8.08. The first-order valence-corrected chi connectivity index (χ1v) is 8.80. The van der Waals surface area contributed by atoms with E-state index in [1.165, 1.54) is 5.56 Å². The first-order chi connectivity index (χ1) is 12.3. The lowest BCUT2D eigenvalue weighted by Crippen LogP contribution is -2.53. The van der Waals surface area contributed by atoms with E-state index in [1.807, 2.05) is 13.1 Å². The van der Waals surface area contributed by atoms with Crippen LogP contribution in [0.25, 0.3) is 0 Å². The second-order valence-corrected chi connectivity index (χ2v) is 6.26. The van der Waals surface area contributed by atoms with Crippen LogP contribution in [0.4, 0.5) is 5.95 Å². The van der Waals surface area contributed by atoms with E-state index in [2.05, 4.69) is 67.3 Å². The van der Waals surface area contributed by atoms with E-state index >= 15 is 0 Å². The molecular formula is C19H27IN6. The number of piperazine rings is 1. The third-order valence-corrected chi connectivity index (χ3v) is 4.56. The summed E-state index contributed by atoms with van der Waals surface area (Å²) >= 11 is 0. The molecule has 2 aromatic rings. The van der Waals surface area contributed by atoms with Gasteiger partial charge in [0.15, 0.2) is 5.96 Å². The van der Waals surface area contributed by atoms with Gasteiger partial charge in [-0.15, -0.1) is 24.0 Å². The fourth-order valence-corrected chi connectivity index (χ4v) is 3.05. The molecule has 1 aliphatic rings. The van der Waals surface area contributed by atoms with Crippen LogP contribution in [0, 0.1) is 0 Å². The Hall–Kier alpha value is -1.90. The lowest BCUT2D eigenvalue weighted by atomic mass is 10.0. The van der Waals surface area contributed by atoms with Gasteiger partial charge >= 0.3 is 0 Å². The van der Waals surface area contributed by atoms with E-state index in [1.54, 1.807) is 12.4 Å². The third kappa shape index (κ3) is 5.30. The van der Waals surface area contributed by atoms with Gasteiger partial charge in [-0.1, -0.05) is 37.3 Å². The van der Waals surface area contributed by atoms with Crippen molar-refractivity contribution in [2.75, 3.05) is 44.7 Å². The van der Waals surface area contributed by atoms with Gasteiger partial charge in [0, 0.05) is 52.2 Å². The molecular weight excluding hydrogens is 439 g/mol. The summed E-state index contributed by atoms with van der Waals surface area (Å²) in [7, 11) is 1.85. The minimum Gasteiger partial charge on any atom is -0.356 e. The molecule has 3 rings (SSSR count). The monoisotopic (exact) mass is 466 g/mol. The normalized spacial score (nSPS) is 16.0. The van der Waals surface area contributed by atoms with Gasteiger partial charge in [-0.25, -0.2) is 9.97 Å². The molecule has 1 atom stereocenters. The van der Waals surface area contributed by atoms with Crippen LogP contribution in [0.5, 0.6) is 0 Å². The van der Waals surface area contributed by atoms with E-state index in [4.69, 9.17) is 0 Å². The zero-order valence-electron chi connectivity index (χ0n) is 15.4. The van der Waals surface area contributed by atoms with Crippen LogP contribution in [0.15, 0.2) is 53.8 Å². The van der Waals surface area contributed by atoms with Crippen molar-refractivity contribution in [2.24, 2.45) is 4.99 Å². The summed E-state index contributed by atoms with van der Waals surface area (Å²) in [5, 5.41) is 3.52. The molecule has 1 fully saturated rings. The molecule has 26 heavy (non-hydrogen) atoms. The summed E-state index contributed by atoms with van der Waals surface area (Å²) in [5.74, 6) is 2.22. The number of benzene rings is 1. The fourth-order valence-electron chi connectivity index (χ4n) is 3.05. The maximum Gasteiger partial charge on any atom is 0.225 e. The van der Waals surface area contributed by atoms with Crippen molar-refractivity contribution in [3.05, 3.63) is 54.4 Å². The van der Waals surface area contributed by atoms with Crippen LogP contribution in [0.1, 0.15) is 18.4 Å². The molecule has 0 amide bonds. The average molecular weight is 466 g/mol. The smallest absolute Gasteiger partial charge is 0.225 e. The molecule has 0 bridgehead atoms. The van der Waals surface area contributed by atoms with Gasteiger partial charge in [0.05, 0.1) is 0 Å². The highest BCUT2D eigenvalue weighted by molar-refractivity contribution is 14.0. The third-order valence-electron chi connectivity index (χ3n) is 4.56. The number of halogens is 1. The van der Waals surface area contributed by atoms with Crippen LogP contribution in [-0.4, -0.2) is 60.6 Å². The zero-order chi connectivity index (χ0) is 17.5. The Morgan fingerprint density at radius 3 is 2.35 bits per heavy atom. The topological polar surface area (TPSA) is 56.7 Å². The fraction of sp³-hybridized carbons (Fsp3) is 0.421. The molecule has 1 aromatic carbocycles. The van der Waals surface area contributed by atoms with Crippen molar-refractivity contribution >= 4 is 35.9 Å². The van der Waals surface area contributed by atoms with Crippen molar-refractivity contribution in [2.45, 2.75) is 12.8 Å². The van der Waals surface area contributed by atoms with Crippen molar-refractivity contribution in [1.29, 1.82) is 0 Å². The van der Waals surface area contributed by atoms with Gasteiger partial charge in [-0.05, 0) is 17.5 Å². The molecule has 1 saturated heterocycles. The molecule has 140 valence electrons. The first-order valence-electron chi connectivity index (χ1n) is 8.80. The molecule has 2 heterocycles. The minimum atomic E-state index is 0. The van der Waals surface area contributed by atoms with Gasteiger partial charge in [0.1, 0.15) is 0 Å². The van der Waals surface area contributed by atoms with Crippen LogP contribution in [0.3, 0.4) is 0 Å². The number of hydrogen-bond donors (Lipinski definition) is 1. The van der Waals surface area contributed by atoms with Crippen molar-refractivity contribution in [1.82, 2.24) is 20.2 Å². The molecule has 6 nitrogen and oxygen atoms in total. The number of nitrogens with one attached hydrogen (secondary N) is 1. The van der Waals surface area contributed by atoms with Crippen molar-refractivity contribution in [3.8, 4) is 0 Å². The predicted molar refractivity (Wildman–Crippen MR) is 117 cm³/mol. The lowest BCUT2D eigenvalue weighted by molar-refractivity contribution is 0.369. The van der Waals surface area contributed by atoms with E-state index in [-0.39, 0.29) is 24.0 Å². The van der Waals surface area contributed by atoms with E-state index < -0.39 is 0 Å². The standard InChI is InChI=1S/C19H26N6.HI/c1-16(17-7-4-3-5-8-17)15-23-18(20-2)24-11-13-25(14-12-24)19-21-9-6-10-22-19;/h3-10,16H,11-15H2,1-2H3,(H,20,23);1H. The molecule has 1 unspecified atom stereocenters. The zero-order valence-corrected chi connectivity index (χ0v) is 17.7. The Bertz CT molecular complexity index is 671. The summed E-state index contributed by atoms with van der Waals surface area (Å²) in [4.78, 5) is 17.7. The molecule has 0 spiro atoms. The largest absolute Gasteiger partial charge is 0.356 e. The highest BCUT2D eigenvalue weighted by Crippen LogP contribution is 2.14. The Morgan fingerprint density at radius 1 is 1.08 bits per heavy atom. The summed E-state index contributed by atoms with van der Waals surface area (Å²) < 4.78 is 0. The number of aromatic nitrogens is 2. The summed E-state index contributed by atoms with van der Waals surface area (Å²) in [5.41, 5.74) is 1.34. The molecule has 0 saturated carbocycles. The predicted octanol–water partition coefficient (Wildman–Crippen LogP) is 2.60. The molecule has 1 N–H and O–H groups in total. The Balaban J connectivity index is 0.00000243. The molecule has 1 aliphatic heterocycles. The van der Waals surface area contributed by atoms with Crippen LogP contribution in [0.2, 0.25) is 0 Å². The van der Waals surface area contributed by atoms with Gasteiger partial charge < -0.3 is 15.1 Å². The minimum absolute atomic E-state index is 0. The van der Waals surface area contributed by atoms with Crippen molar-refractivity contribution < 1.29 is 0 Å². The lowest BCUT2D eigenvalue weighted by Gasteiger charge is -2.36. The number of aliphatic imine (C=N–C) groups is 1. The van der Waals surface area contributed by atoms with Crippen LogP contribution < -0.4 is 10.2 Å². The van der Waals surface area contributed by atoms with Gasteiger partial charge in [-0.3, -0.25) is 4.99 Å². The quantitative estimate of drug-likeness (QED) is 0.427. The SMILES string of the molecule is CN=C(NCC(C)c1ccccc1)N1CCN(c2ncccn2)CC1.I. The van der Waals surface area contributed by atoms with Crippen LogP contribution >= 0.6 is 24.0 Å². The van der Waals surface area contributed by atoms with E-state index in [9.17, 15) is 0 Å².